The van der Waals surface area contributed by atoms with Gasteiger partial charge in [0, 0.05) is 5.54 Å². The van der Waals surface area contributed by atoms with E-state index in [9.17, 15) is 4.39 Å². The summed E-state index contributed by atoms with van der Waals surface area (Å²) in [5, 5.41) is 0.166. The molecule has 0 spiro atoms. The lowest BCUT2D eigenvalue weighted by molar-refractivity contribution is 0.296. The van der Waals surface area contributed by atoms with Crippen LogP contribution in [-0.4, -0.2) is 5.54 Å². The largest absolute Gasteiger partial charge is 0.325 e. The molecule has 3 heteroatoms. The summed E-state index contributed by atoms with van der Waals surface area (Å²) < 4.78 is 13.0. The summed E-state index contributed by atoms with van der Waals surface area (Å²) >= 11 is 5.75. The van der Waals surface area contributed by atoms with E-state index in [2.05, 4.69) is 20.8 Å². The number of nitrogens with two attached hydrogens (primary N) is 1. The predicted molar refractivity (Wildman–Crippen MR) is 67.2 cm³/mol. The Kier molecular flexibility index (Phi) is 4.34. The monoisotopic (exact) mass is 243 g/mol. The van der Waals surface area contributed by atoms with Crippen molar-refractivity contribution in [2.24, 2.45) is 11.7 Å². The SMILES string of the molecule is CCC(N)(Cc1ccc(F)c(Cl)c1)C(C)C. The van der Waals surface area contributed by atoms with Gasteiger partial charge in [0.2, 0.25) is 0 Å². The van der Waals surface area contributed by atoms with Crippen molar-refractivity contribution in [3.63, 3.8) is 0 Å². The van der Waals surface area contributed by atoms with Crippen molar-refractivity contribution in [1.82, 2.24) is 0 Å². The number of hydrogen-bond donors (Lipinski definition) is 1. The van der Waals surface area contributed by atoms with Crippen LogP contribution in [0.1, 0.15) is 32.8 Å². The molecule has 0 aliphatic heterocycles. The average Bonchev–Trinajstić information content (AvgIpc) is 2.23. The van der Waals surface area contributed by atoms with Crippen LogP contribution >= 0.6 is 11.6 Å². The molecule has 1 nitrogen and oxygen atoms in total. The van der Waals surface area contributed by atoms with E-state index in [0.29, 0.717) is 5.92 Å². The third-order valence-corrected chi connectivity index (χ3v) is 3.61. The molecule has 0 radical (unpaired) electrons. The Morgan fingerprint density at radius 1 is 1.44 bits per heavy atom. The smallest absolute Gasteiger partial charge is 0.141 e. The van der Waals surface area contributed by atoms with E-state index in [4.69, 9.17) is 17.3 Å². The summed E-state index contributed by atoms with van der Waals surface area (Å²) in [6.45, 7) is 6.29. The Hall–Kier alpha value is -0.600. The van der Waals surface area contributed by atoms with Crippen LogP contribution in [0.5, 0.6) is 0 Å². The fraction of sp³-hybridized carbons (Fsp3) is 0.538. The minimum absolute atomic E-state index is 0.166. The van der Waals surface area contributed by atoms with Gasteiger partial charge < -0.3 is 5.73 Å². The second kappa shape index (κ2) is 5.15. The molecule has 0 aliphatic carbocycles. The number of benzene rings is 1. The van der Waals surface area contributed by atoms with E-state index in [1.807, 2.05) is 0 Å². The number of halogens is 2. The van der Waals surface area contributed by atoms with Crippen molar-refractivity contribution in [1.29, 1.82) is 0 Å². The van der Waals surface area contributed by atoms with Gasteiger partial charge >= 0.3 is 0 Å². The highest BCUT2D eigenvalue weighted by atomic mass is 35.5. The number of hydrogen-bond acceptors (Lipinski definition) is 1. The zero-order chi connectivity index (χ0) is 12.3. The maximum absolute atomic E-state index is 13.0. The highest BCUT2D eigenvalue weighted by molar-refractivity contribution is 6.30. The maximum atomic E-state index is 13.0. The first-order chi connectivity index (χ1) is 7.39. The molecule has 0 bridgehead atoms. The van der Waals surface area contributed by atoms with E-state index in [1.165, 1.54) is 6.07 Å². The molecule has 16 heavy (non-hydrogen) atoms. The number of rotatable bonds is 4. The van der Waals surface area contributed by atoms with Gasteiger partial charge in [-0.15, -0.1) is 0 Å². The van der Waals surface area contributed by atoms with Gasteiger partial charge in [-0.05, 0) is 36.5 Å². The highest BCUT2D eigenvalue weighted by Gasteiger charge is 2.27. The lowest BCUT2D eigenvalue weighted by Crippen LogP contribution is -2.46. The molecular weight excluding hydrogens is 225 g/mol. The molecule has 0 heterocycles. The van der Waals surface area contributed by atoms with Gasteiger partial charge in [0.1, 0.15) is 5.82 Å². The summed E-state index contributed by atoms with van der Waals surface area (Å²) in [5.41, 5.74) is 7.06. The minimum atomic E-state index is -0.380. The van der Waals surface area contributed by atoms with Crippen LogP contribution in [0.2, 0.25) is 5.02 Å². The zero-order valence-corrected chi connectivity index (χ0v) is 10.8. The van der Waals surface area contributed by atoms with Gasteiger partial charge in [0.05, 0.1) is 5.02 Å². The fourth-order valence-electron chi connectivity index (χ4n) is 1.77. The highest BCUT2D eigenvalue weighted by Crippen LogP contribution is 2.25. The van der Waals surface area contributed by atoms with Crippen LogP contribution in [0.3, 0.4) is 0 Å². The van der Waals surface area contributed by atoms with Crippen LogP contribution in [0.15, 0.2) is 18.2 Å². The van der Waals surface area contributed by atoms with E-state index in [1.54, 1.807) is 12.1 Å². The molecule has 1 rings (SSSR count). The first kappa shape index (κ1) is 13.5. The molecule has 90 valence electrons. The van der Waals surface area contributed by atoms with E-state index in [-0.39, 0.29) is 16.4 Å². The van der Waals surface area contributed by atoms with Crippen molar-refractivity contribution in [3.8, 4) is 0 Å². The topological polar surface area (TPSA) is 26.0 Å². The van der Waals surface area contributed by atoms with Crippen molar-refractivity contribution < 1.29 is 4.39 Å². The van der Waals surface area contributed by atoms with E-state index >= 15 is 0 Å². The normalized spacial score (nSPS) is 15.2. The van der Waals surface area contributed by atoms with Gasteiger partial charge in [-0.1, -0.05) is 38.4 Å². The maximum Gasteiger partial charge on any atom is 0.141 e. The second-order valence-corrected chi connectivity index (χ2v) is 5.07. The van der Waals surface area contributed by atoms with E-state index in [0.717, 1.165) is 18.4 Å². The first-order valence-electron chi connectivity index (χ1n) is 5.62. The Morgan fingerprint density at radius 3 is 2.50 bits per heavy atom. The minimum Gasteiger partial charge on any atom is -0.325 e. The third kappa shape index (κ3) is 2.96. The van der Waals surface area contributed by atoms with Crippen LogP contribution in [-0.2, 0) is 6.42 Å². The molecular formula is C13H19ClFN. The predicted octanol–water partition coefficient (Wildman–Crippen LogP) is 3.79. The molecule has 0 saturated heterocycles. The molecule has 1 unspecified atom stereocenters. The lowest BCUT2D eigenvalue weighted by atomic mass is 9.80. The van der Waals surface area contributed by atoms with Gasteiger partial charge in [-0.2, -0.15) is 0 Å². The molecule has 0 aromatic heterocycles. The fourth-order valence-corrected chi connectivity index (χ4v) is 1.97. The van der Waals surface area contributed by atoms with Crippen molar-refractivity contribution in [3.05, 3.63) is 34.6 Å². The summed E-state index contributed by atoms with van der Waals surface area (Å²) in [4.78, 5) is 0. The second-order valence-electron chi connectivity index (χ2n) is 4.67. The third-order valence-electron chi connectivity index (χ3n) is 3.33. The Bertz CT molecular complexity index is 365. The van der Waals surface area contributed by atoms with E-state index < -0.39 is 0 Å². The van der Waals surface area contributed by atoms with Gasteiger partial charge in [0.25, 0.3) is 0 Å². The summed E-state index contributed by atoms with van der Waals surface area (Å²) in [5.74, 6) is -0.00425. The zero-order valence-electron chi connectivity index (χ0n) is 10.1. The standard InChI is InChI=1S/C13H19ClFN/c1-4-13(16,9(2)3)8-10-5-6-12(15)11(14)7-10/h5-7,9H,4,8,16H2,1-3H3. The van der Waals surface area contributed by atoms with Crippen molar-refractivity contribution in [2.75, 3.05) is 0 Å². The van der Waals surface area contributed by atoms with Crippen molar-refractivity contribution >= 4 is 11.6 Å². The Balaban J connectivity index is 2.90. The van der Waals surface area contributed by atoms with Crippen LogP contribution in [0.25, 0.3) is 0 Å². The van der Waals surface area contributed by atoms with Crippen molar-refractivity contribution in [2.45, 2.75) is 39.2 Å². The molecule has 0 aliphatic rings. The average molecular weight is 244 g/mol. The van der Waals surface area contributed by atoms with Crippen LogP contribution < -0.4 is 5.73 Å². The lowest BCUT2D eigenvalue weighted by Gasteiger charge is -2.32. The first-order valence-corrected chi connectivity index (χ1v) is 5.99. The summed E-state index contributed by atoms with van der Waals surface area (Å²) in [6.07, 6.45) is 1.61. The Morgan fingerprint density at radius 2 is 2.06 bits per heavy atom. The quantitative estimate of drug-likeness (QED) is 0.856. The Labute approximate surface area is 102 Å². The summed E-state index contributed by atoms with van der Waals surface area (Å²) in [7, 11) is 0. The molecule has 0 amide bonds. The summed E-state index contributed by atoms with van der Waals surface area (Å²) in [6, 6.07) is 4.81. The molecule has 2 N–H and O–H groups in total. The molecule has 0 saturated carbocycles. The molecule has 1 aromatic rings. The molecule has 1 atom stereocenters. The van der Waals surface area contributed by atoms with Gasteiger partial charge in [-0.3, -0.25) is 0 Å². The van der Waals surface area contributed by atoms with Gasteiger partial charge in [0.15, 0.2) is 0 Å². The molecule has 0 fully saturated rings. The van der Waals surface area contributed by atoms with Gasteiger partial charge in [-0.25, -0.2) is 4.39 Å². The van der Waals surface area contributed by atoms with Crippen LogP contribution in [0, 0.1) is 11.7 Å². The van der Waals surface area contributed by atoms with Crippen LogP contribution in [0.4, 0.5) is 4.39 Å². The molecule has 1 aromatic carbocycles.